The van der Waals surface area contributed by atoms with Crippen molar-refractivity contribution in [3.63, 3.8) is 0 Å². The zero-order chi connectivity index (χ0) is 12.0. The molecule has 1 rings (SSSR count). The molecule has 0 aliphatic rings. The topological polar surface area (TPSA) is 47.6 Å². The van der Waals surface area contributed by atoms with Crippen molar-refractivity contribution < 1.29 is 14.3 Å². The molecule has 1 aromatic carbocycles. The Morgan fingerprint density at radius 3 is 2.75 bits per heavy atom. The van der Waals surface area contributed by atoms with Crippen LogP contribution in [0, 0.1) is 0 Å². The Morgan fingerprint density at radius 1 is 1.44 bits per heavy atom. The van der Waals surface area contributed by atoms with Gasteiger partial charge in [0.15, 0.2) is 17.3 Å². The lowest BCUT2D eigenvalue weighted by Crippen LogP contribution is -2.19. The van der Waals surface area contributed by atoms with Crippen LogP contribution in [0.15, 0.2) is 18.2 Å². The Kier molecular flexibility index (Phi) is 4.79. The van der Waals surface area contributed by atoms with E-state index in [1.807, 2.05) is 6.92 Å². The number of carbonyl (C=O) groups is 1. The van der Waals surface area contributed by atoms with Crippen LogP contribution in [0.1, 0.15) is 17.3 Å². The molecule has 0 aromatic heterocycles. The van der Waals surface area contributed by atoms with Crippen molar-refractivity contribution in [3.8, 4) is 11.5 Å². The van der Waals surface area contributed by atoms with E-state index in [1.54, 1.807) is 25.2 Å². The van der Waals surface area contributed by atoms with Gasteiger partial charge in [0.2, 0.25) is 0 Å². The van der Waals surface area contributed by atoms with Gasteiger partial charge in [0.25, 0.3) is 0 Å². The fraction of sp³-hybridized carbons (Fsp3) is 0.417. The maximum absolute atomic E-state index is 11.8. The van der Waals surface area contributed by atoms with Gasteiger partial charge in [0.05, 0.1) is 25.8 Å². The maximum atomic E-state index is 11.8. The average Bonchev–Trinajstić information content (AvgIpc) is 2.29. The van der Waals surface area contributed by atoms with Gasteiger partial charge in [-0.15, -0.1) is 0 Å². The molecular weight excluding hydrogens is 206 g/mol. The number of ketones is 1. The summed E-state index contributed by atoms with van der Waals surface area (Å²) in [5, 5.41) is 2.82. The van der Waals surface area contributed by atoms with E-state index in [-0.39, 0.29) is 12.3 Å². The van der Waals surface area contributed by atoms with Crippen molar-refractivity contribution in [1.82, 2.24) is 5.32 Å². The van der Waals surface area contributed by atoms with Gasteiger partial charge in [0, 0.05) is 0 Å². The summed E-state index contributed by atoms with van der Waals surface area (Å²) in [6, 6.07) is 5.32. The Labute approximate surface area is 95.6 Å². The lowest BCUT2D eigenvalue weighted by molar-refractivity contribution is 0.0990. The SMILES string of the molecule is CCOc1cccc(C(=O)CNC)c1OC. The summed E-state index contributed by atoms with van der Waals surface area (Å²) in [5.74, 6) is 1.09. The van der Waals surface area contributed by atoms with Crippen LogP contribution in [-0.4, -0.2) is 33.1 Å². The van der Waals surface area contributed by atoms with Gasteiger partial charge < -0.3 is 14.8 Å². The summed E-state index contributed by atoms with van der Waals surface area (Å²) < 4.78 is 10.6. The van der Waals surface area contributed by atoms with Gasteiger partial charge in [-0.3, -0.25) is 4.79 Å². The van der Waals surface area contributed by atoms with Crippen molar-refractivity contribution in [1.29, 1.82) is 0 Å². The Morgan fingerprint density at radius 2 is 2.19 bits per heavy atom. The van der Waals surface area contributed by atoms with Crippen LogP contribution in [0.25, 0.3) is 0 Å². The number of carbonyl (C=O) groups excluding carboxylic acids is 1. The molecule has 0 saturated heterocycles. The average molecular weight is 223 g/mol. The van der Waals surface area contributed by atoms with Crippen LogP contribution in [0.3, 0.4) is 0 Å². The fourth-order valence-corrected chi connectivity index (χ4v) is 1.47. The molecule has 0 amide bonds. The van der Waals surface area contributed by atoms with Crippen LogP contribution in [0.4, 0.5) is 0 Å². The van der Waals surface area contributed by atoms with Gasteiger partial charge in [0.1, 0.15) is 0 Å². The highest BCUT2D eigenvalue weighted by molar-refractivity contribution is 6.00. The number of benzene rings is 1. The smallest absolute Gasteiger partial charge is 0.180 e. The van der Waals surface area contributed by atoms with Crippen molar-refractivity contribution in [3.05, 3.63) is 23.8 Å². The number of methoxy groups -OCH3 is 1. The largest absolute Gasteiger partial charge is 0.492 e. The van der Waals surface area contributed by atoms with Crippen LogP contribution < -0.4 is 14.8 Å². The standard InChI is InChI=1S/C12H17NO3/c1-4-16-11-7-5-6-9(12(11)15-3)10(14)8-13-2/h5-7,13H,4,8H2,1-3H3. The first-order valence-corrected chi connectivity index (χ1v) is 5.22. The van der Waals surface area contributed by atoms with Crippen molar-refractivity contribution in [2.45, 2.75) is 6.92 Å². The third-order valence-electron chi connectivity index (χ3n) is 2.12. The predicted molar refractivity (Wildman–Crippen MR) is 62.4 cm³/mol. The molecule has 0 bridgehead atoms. The summed E-state index contributed by atoms with van der Waals surface area (Å²) in [6.45, 7) is 2.72. The second-order valence-corrected chi connectivity index (χ2v) is 3.22. The summed E-state index contributed by atoms with van der Waals surface area (Å²) in [7, 11) is 3.27. The fourth-order valence-electron chi connectivity index (χ4n) is 1.47. The number of ether oxygens (including phenoxy) is 2. The number of Topliss-reactive ketones (excluding diaryl/α,β-unsaturated/α-hetero) is 1. The van der Waals surface area contributed by atoms with E-state index in [0.29, 0.717) is 23.7 Å². The minimum absolute atomic E-state index is 0.0131. The third kappa shape index (κ3) is 2.73. The van der Waals surface area contributed by atoms with Gasteiger partial charge in [-0.1, -0.05) is 6.07 Å². The van der Waals surface area contributed by atoms with E-state index in [9.17, 15) is 4.79 Å². The van der Waals surface area contributed by atoms with Crippen LogP contribution in [0.5, 0.6) is 11.5 Å². The molecule has 4 heteroatoms. The predicted octanol–water partition coefficient (Wildman–Crippen LogP) is 1.50. The molecule has 0 aliphatic heterocycles. The monoisotopic (exact) mass is 223 g/mol. The first-order chi connectivity index (χ1) is 7.74. The summed E-state index contributed by atoms with van der Waals surface area (Å²) >= 11 is 0. The van der Waals surface area contributed by atoms with E-state index in [4.69, 9.17) is 9.47 Å². The lowest BCUT2D eigenvalue weighted by Gasteiger charge is -2.12. The van der Waals surface area contributed by atoms with Crippen LogP contribution in [-0.2, 0) is 0 Å². The Balaban J connectivity index is 3.08. The third-order valence-corrected chi connectivity index (χ3v) is 2.12. The van der Waals surface area contributed by atoms with Crippen molar-refractivity contribution in [2.75, 3.05) is 27.3 Å². The Bertz CT molecular complexity index is 363. The normalized spacial score (nSPS) is 9.94. The zero-order valence-corrected chi connectivity index (χ0v) is 9.87. The zero-order valence-electron chi connectivity index (χ0n) is 9.87. The minimum Gasteiger partial charge on any atom is -0.492 e. The van der Waals surface area contributed by atoms with Gasteiger partial charge in [-0.25, -0.2) is 0 Å². The number of para-hydroxylation sites is 1. The molecule has 0 aliphatic carbocycles. The highest BCUT2D eigenvalue weighted by Crippen LogP contribution is 2.31. The van der Waals surface area contributed by atoms with Crippen LogP contribution in [0.2, 0.25) is 0 Å². The molecule has 0 saturated carbocycles. The number of likely N-dealkylation sites (N-methyl/N-ethyl adjacent to an activating group) is 1. The van der Waals surface area contributed by atoms with E-state index in [2.05, 4.69) is 5.32 Å². The van der Waals surface area contributed by atoms with Gasteiger partial charge in [-0.05, 0) is 26.1 Å². The Hall–Kier alpha value is -1.55. The molecule has 88 valence electrons. The van der Waals surface area contributed by atoms with Crippen molar-refractivity contribution in [2.24, 2.45) is 0 Å². The first kappa shape index (κ1) is 12.5. The van der Waals surface area contributed by atoms with E-state index < -0.39 is 0 Å². The maximum Gasteiger partial charge on any atom is 0.180 e. The minimum atomic E-state index is -0.0131. The number of nitrogens with one attached hydrogen (secondary N) is 1. The molecule has 0 heterocycles. The summed E-state index contributed by atoms with van der Waals surface area (Å²) in [4.78, 5) is 11.8. The van der Waals surface area contributed by atoms with E-state index in [0.717, 1.165) is 0 Å². The molecule has 0 atom stereocenters. The molecule has 1 N–H and O–H groups in total. The highest BCUT2D eigenvalue weighted by atomic mass is 16.5. The number of rotatable bonds is 6. The summed E-state index contributed by atoms with van der Waals surface area (Å²) in [6.07, 6.45) is 0. The second-order valence-electron chi connectivity index (χ2n) is 3.22. The van der Waals surface area contributed by atoms with E-state index >= 15 is 0 Å². The quantitative estimate of drug-likeness (QED) is 0.742. The lowest BCUT2D eigenvalue weighted by atomic mass is 10.1. The van der Waals surface area contributed by atoms with Gasteiger partial charge >= 0.3 is 0 Å². The molecule has 1 aromatic rings. The van der Waals surface area contributed by atoms with Crippen molar-refractivity contribution >= 4 is 5.78 Å². The van der Waals surface area contributed by atoms with Crippen LogP contribution >= 0.6 is 0 Å². The number of hydrogen-bond acceptors (Lipinski definition) is 4. The molecule has 0 fully saturated rings. The van der Waals surface area contributed by atoms with Gasteiger partial charge in [-0.2, -0.15) is 0 Å². The molecule has 0 spiro atoms. The first-order valence-electron chi connectivity index (χ1n) is 5.22. The molecular formula is C12H17NO3. The van der Waals surface area contributed by atoms with E-state index in [1.165, 1.54) is 7.11 Å². The molecule has 16 heavy (non-hydrogen) atoms. The highest BCUT2D eigenvalue weighted by Gasteiger charge is 2.15. The molecule has 4 nitrogen and oxygen atoms in total. The summed E-state index contributed by atoms with van der Waals surface area (Å²) in [5.41, 5.74) is 0.544. The number of hydrogen-bond donors (Lipinski definition) is 1. The molecule has 0 unspecified atom stereocenters. The molecule has 0 radical (unpaired) electrons. The second kappa shape index (κ2) is 6.12.